The summed E-state index contributed by atoms with van der Waals surface area (Å²) in [5.74, 6) is 0.874. The Hall–Kier alpha value is -2.65. The lowest BCUT2D eigenvalue weighted by Gasteiger charge is -2.31. The van der Waals surface area contributed by atoms with Crippen LogP contribution in [0.5, 0.6) is 17.2 Å². The quantitative estimate of drug-likeness (QED) is 0.640. The maximum Gasteiger partial charge on any atom is 0.265 e. The first kappa shape index (κ1) is 24.0. The number of likely N-dealkylation sites (tertiary alicyclic amines) is 1. The molecule has 0 radical (unpaired) electrons. The van der Waals surface area contributed by atoms with Crippen LogP contribution in [0.3, 0.4) is 0 Å². The monoisotopic (exact) mass is 482 g/mol. The summed E-state index contributed by atoms with van der Waals surface area (Å²) in [7, 11) is 0.0685. The fourth-order valence-corrected chi connectivity index (χ4v) is 5.21. The highest BCUT2D eigenvalue weighted by atomic mass is 35.5. The van der Waals surface area contributed by atoms with E-state index in [4.69, 9.17) is 25.8 Å². The van der Waals surface area contributed by atoms with E-state index in [1.165, 1.54) is 45.6 Å². The van der Waals surface area contributed by atoms with Crippen molar-refractivity contribution in [3.05, 3.63) is 40.9 Å². The van der Waals surface area contributed by atoms with E-state index in [1.807, 2.05) is 0 Å². The molecule has 2 aromatic carbocycles. The number of halogens is 1. The van der Waals surface area contributed by atoms with Gasteiger partial charge in [0.15, 0.2) is 0 Å². The largest absolute Gasteiger partial charge is 0.495 e. The molecule has 0 spiro atoms. The molecular formula is C22H27ClN2O6S. The average molecular weight is 483 g/mol. The molecule has 1 aliphatic rings. The van der Waals surface area contributed by atoms with Gasteiger partial charge in [0.2, 0.25) is 0 Å². The molecular weight excluding hydrogens is 456 g/mol. The summed E-state index contributed by atoms with van der Waals surface area (Å²) in [6.07, 6.45) is 2.00. The number of sulfonamides is 1. The summed E-state index contributed by atoms with van der Waals surface area (Å²) < 4.78 is 44.7. The van der Waals surface area contributed by atoms with Crippen LogP contribution >= 0.6 is 11.6 Å². The Labute approximate surface area is 193 Å². The molecule has 0 unspecified atom stereocenters. The third-order valence-electron chi connectivity index (χ3n) is 5.36. The van der Waals surface area contributed by atoms with Crippen LogP contribution < -0.4 is 18.9 Å². The van der Waals surface area contributed by atoms with Crippen LogP contribution in [0.2, 0.25) is 5.02 Å². The molecule has 8 nitrogen and oxygen atoms in total. The van der Waals surface area contributed by atoms with Gasteiger partial charge in [0.05, 0.1) is 32.0 Å². The van der Waals surface area contributed by atoms with E-state index in [1.54, 1.807) is 11.0 Å². The number of nitrogens with zero attached hydrogens (tertiary/aromatic N) is 1. The number of carbonyl (C=O) groups is 1. The molecule has 2 aromatic rings. The van der Waals surface area contributed by atoms with E-state index in [0.717, 1.165) is 12.8 Å². The third-order valence-corrected chi connectivity index (χ3v) is 7.04. The number of piperidine rings is 1. The van der Waals surface area contributed by atoms with Crippen molar-refractivity contribution in [2.45, 2.75) is 24.7 Å². The predicted octanol–water partition coefficient (Wildman–Crippen LogP) is 4.04. The zero-order valence-electron chi connectivity index (χ0n) is 18.5. The fraction of sp³-hybridized carbons (Fsp3) is 0.409. The van der Waals surface area contributed by atoms with Gasteiger partial charge < -0.3 is 19.1 Å². The summed E-state index contributed by atoms with van der Waals surface area (Å²) in [6, 6.07) is 7.26. The van der Waals surface area contributed by atoms with Gasteiger partial charge >= 0.3 is 0 Å². The van der Waals surface area contributed by atoms with Crippen LogP contribution in [0.1, 0.15) is 30.1 Å². The van der Waals surface area contributed by atoms with Gasteiger partial charge in [0.25, 0.3) is 15.9 Å². The summed E-state index contributed by atoms with van der Waals surface area (Å²) in [6.45, 7) is 3.39. The van der Waals surface area contributed by atoms with Gasteiger partial charge in [-0.05, 0) is 43.0 Å². The first-order valence-corrected chi connectivity index (χ1v) is 12.0. The molecule has 1 saturated heterocycles. The van der Waals surface area contributed by atoms with E-state index in [9.17, 15) is 13.2 Å². The van der Waals surface area contributed by atoms with Crippen LogP contribution in [-0.2, 0) is 10.0 Å². The molecule has 0 aromatic heterocycles. The zero-order chi connectivity index (χ0) is 23.5. The standard InChI is InChI=1S/C22H27ClN2O6S/c1-14-6-5-9-25(13-14)22(26)15-7-8-18(29-2)21(10-15)32(27,28)24-17-11-16(23)19(30-3)12-20(17)31-4/h7-8,10-12,14,24H,5-6,9,13H2,1-4H3/t14-/m0/s1. The molecule has 0 saturated carbocycles. The second-order valence-corrected chi connectivity index (χ2v) is 9.71. The maximum absolute atomic E-state index is 13.3. The summed E-state index contributed by atoms with van der Waals surface area (Å²) >= 11 is 6.17. The number of benzene rings is 2. The lowest BCUT2D eigenvalue weighted by molar-refractivity contribution is 0.0682. The number of rotatable bonds is 7. The highest BCUT2D eigenvalue weighted by Gasteiger charge is 2.27. The number of hydrogen-bond acceptors (Lipinski definition) is 6. The minimum atomic E-state index is -4.15. The predicted molar refractivity (Wildman–Crippen MR) is 123 cm³/mol. The Kier molecular flexibility index (Phi) is 7.40. The van der Waals surface area contributed by atoms with E-state index >= 15 is 0 Å². The summed E-state index contributed by atoms with van der Waals surface area (Å²) in [5.41, 5.74) is 0.405. The van der Waals surface area contributed by atoms with Crippen LogP contribution in [0.4, 0.5) is 5.69 Å². The number of hydrogen-bond donors (Lipinski definition) is 1. The van der Waals surface area contributed by atoms with E-state index in [2.05, 4.69) is 11.6 Å². The summed E-state index contributed by atoms with van der Waals surface area (Å²) in [4.78, 5) is 14.6. The number of amides is 1. The molecule has 174 valence electrons. The molecule has 10 heteroatoms. The first-order valence-electron chi connectivity index (χ1n) is 10.1. The molecule has 1 fully saturated rings. The van der Waals surface area contributed by atoms with Crippen molar-refractivity contribution in [2.75, 3.05) is 39.1 Å². The van der Waals surface area contributed by atoms with Crippen LogP contribution in [-0.4, -0.2) is 53.6 Å². The van der Waals surface area contributed by atoms with Crippen LogP contribution in [0.25, 0.3) is 0 Å². The Morgan fingerprint density at radius 3 is 2.38 bits per heavy atom. The maximum atomic E-state index is 13.3. The molecule has 1 aliphatic heterocycles. The highest BCUT2D eigenvalue weighted by molar-refractivity contribution is 7.92. The molecule has 0 aliphatic carbocycles. The minimum absolute atomic E-state index is 0.111. The van der Waals surface area contributed by atoms with Crippen molar-refractivity contribution in [1.29, 1.82) is 0 Å². The number of carbonyl (C=O) groups excluding carboxylic acids is 1. The van der Waals surface area contributed by atoms with Crippen molar-refractivity contribution in [2.24, 2.45) is 5.92 Å². The Morgan fingerprint density at radius 1 is 1.06 bits per heavy atom. The Bertz CT molecular complexity index is 1110. The van der Waals surface area contributed by atoms with Gasteiger partial charge in [-0.25, -0.2) is 8.42 Å². The number of nitrogens with one attached hydrogen (secondary N) is 1. The lowest BCUT2D eigenvalue weighted by Crippen LogP contribution is -2.39. The summed E-state index contributed by atoms with van der Waals surface area (Å²) in [5, 5.41) is 0.209. The molecule has 32 heavy (non-hydrogen) atoms. The smallest absolute Gasteiger partial charge is 0.265 e. The number of anilines is 1. The highest BCUT2D eigenvalue weighted by Crippen LogP contribution is 2.38. The van der Waals surface area contributed by atoms with E-state index in [0.29, 0.717) is 24.8 Å². The topological polar surface area (TPSA) is 94.2 Å². The average Bonchev–Trinajstić information content (AvgIpc) is 2.78. The Balaban J connectivity index is 1.98. The van der Waals surface area contributed by atoms with Gasteiger partial charge in [-0.3, -0.25) is 9.52 Å². The van der Waals surface area contributed by atoms with Gasteiger partial charge in [0, 0.05) is 24.7 Å². The van der Waals surface area contributed by atoms with Gasteiger partial charge in [0.1, 0.15) is 22.1 Å². The third kappa shape index (κ3) is 5.05. The first-order chi connectivity index (χ1) is 15.2. The SMILES string of the molecule is COc1cc(OC)c(NS(=O)(=O)c2cc(C(=O)N3CCC[C@H](C)C3)ccc2OC)cc1Cl. The van der Waals surface area contributed by atoms with Gasteiger partial charge in [-0.2, -0.15) is 0 Å². The molecule has 0 bridgehead atoms. The van der Waals surface area contributed by atoms with E-state index < -0.39 is 10.0 Å². The second-order valence-electron chi connectivity index (χ2n) is 7.66. The van der Waals surface area contributed by atoms with Gasteiger partial charge in [-0.1, -0.05) is 18.5 Å². The molecule has 3 rings (SSSR count). The van der Waals surface area contributed by atoms with Crippen molar-refractivity contribution >= 4 is 33.2 Å². The minimum Gasteiger partial charge on any atom is -0.495 e. The van der Waals surface area contributed by atoms with Gasteiger partial charge in [-0.15, -0.1) is 0 Å². The van der Waals surface area contributed by atoms with Crippen molar-refractivity contribution in [1.82, 2.24) is 4.90 Å². The van der Waals surface area contributed by atoms with Crippen LogP contribution in [0, 0.1) is 5.92 Å². The zero-order valence-corrected chi connectivity index (χ0v) is 20.0. The fourth-order valence-electron chi connectivity index (χ4n) is 3.72. The van der Waals surface area contributed by atoms with Crippen LogP contribution in [0.15, 0.2) is 35.2 Å². The van der Waals surface area contributed by atoms with E-state index in [-0.39, 0.29) is 38.6 Å². The second kappa shape index (κ2) is 9.87. The van der Waals surface area contributed by atoms with Crippen molar-refractivity contribution < 1.29 is 27.4 Å². The number of methoxy groups -OCH3 is 3. The lowest BCUT2D eigenvalue weighted by atomic mass is 9.99. The van der Waals surface area contributed by atoms with Crippen molar-refractivity contribution in [3.8, 4) is 17.2 Å². The molecule has 1 atom stereocenters. The molecule has 1 heterocycles. The number of ether oxygens (including phenoxy) is 3. The Morgan fingerprint density at radius 2 is 1.75 bits per heavy atom. The molecule has 1 amide bonds. The normalized spacial score (nSPS) is 16.4. The van der Waals surface area contributed by atoms with Crippen molar-refractivity contribution in [3.63, 3.8) is 0 Å². The molecule has 1 N–H and O–H groups in total.